The summed E-state index contributed by atoms with van der Waals surface area (Å²) in [4.78, 5) is 25.2. The molecular formula is C15H20N2O3. The van der Waals surface area contributed by atoms with Gasteiger partial charge in [0.25, 0.3) is 0 Å². The van der Waals surface area contributed by atoms with Crippen LogP contribution in [0.1, 0.15) is 31.4 Å². The Kier molecular flexibility index (Phi) is 4.74. The minimum Gasteiger partial charge on any atom is -0.384 e. The molecule has 0 radical (unpaired) electrons. The van der Waals surface area contributed by atoms with Crippen molar-refractivity contribution in [3.63, 3.8) is 0 Å². The standard InChI is InChI=1S/C15H20N2O3/c1-11(18)15(20)16-13(12-6-3-2-4-7-12)10-17-9-5-8-14(17)19/h2-4,6-7,11,13,18H,5,8-10H2,1H3,(H,16,20). The summed E-state index contributed by atoms with van der Waals surface area (Å²) in [6, 6.07) is 9.21. The van der Waals surface area contributed by atoms with Crippen LogP contribution in [0, 0.1) is 0 Å². The fourth-order valence-electron chi connectivity index (χ4n) is 2.33. The first-order valence-corrected chi connectivity index (χ1v) is 6.89. The molecule has 2 atom stereocenters. The molecule has 0 saturated carbocycles. The molecule has 1 aliphatic heterocycles. The van der Waals surface area contributed by atoms with Crippen LogP contribution in [-0.4, -0.2) is 41.0 Å². The van der Waals surface area contributed by atoms with Gasteiger partial charge >= 0.3 is 0 Å². The number of carbonyl (C=O) groups excluding carboxylic acids is 2. The van der Waals surface area contributed by atoms with Crippen LogP contribution in [0.4, 0.5) is 0 Å². The second-order valence-electron chi connectivity index (χ2n) is 5.09. The molecule has 1 saturated heterocycles. The molecule has 2 amide bonds. The van der Waals surface area contributed by atoms with E-state index in [0.29, 0.717) is 13.0 Å². The molecule has 2 rings (SSSR count). The maximum Gasteiger partial charge on any atom is 0.249 e. The van der Waals surface area contributed by atoms with Crippen molar-refractivity contribution in [2.45, 2.75) is 31.9 Å². The van der Waals surface area contributed by atoms with Crippen molar-refractivity contribution in [2.24, 2.45) is 0 Å². The number of hydrogen-bond acceptors (Lipinski definition) is 3. The van der Waals surface area contributed by atoms with Crippen molar-refractivity contribution in [2.75, 3.05) is 13.1 Å². The van der Waals surface area contributed by atoms with Crippen molar-refractivity contribution in [1.29, 1.82) is 0 Å². The third-order valence-corrected chi connectivity index (χ3v) is 3.47. The number of aliphatic hydroxyl groups is 1. The number of carbonyl (C=O) groups is 2. The lowest BCUT2D eigenvalue weighted by molar-refractivity contribution is -0.131. The van der Waals surface area contributed by atoms with Gasteiger partial charge < -0.3 is 15.3 Å². The van der Waals surface area contributed by atoms with Crippen LogP contribution in [0.3, 0.4) is 0 Å². The number of rotatable bonds is 5. The number of nitrogens with zero attached hydrogens (tertiary/aromatic N) is 1. The maximum absolute atomic E-state index is 11.7. The van der Waals surface area contributed by atoms with E-state index in [9.17, 15) is 14.7 Å². The highest BCUT2D eigenvalue weighted by molar-refractivity contribution is 5.81. The summed E-state index contributed by atoms with van der Waals surface area (Å²) in [6.45, 7) is 2.60. The van der Waals surface area contributed by atoms with E-state index >= 15 is 0 Å². The van der Waals surface area contributed by atoms with Crippen molar-refractivity contribution in [3.8, 4) is 0 Å². The normalized spacial score (nSPS) is 17.9. The second kappa shape index (κ2) is 6.52. The number of likely N-dealkylation sites (tertiary alicyclic amines) is 1. The summed E-state index contributed by atoms with van der Waals surface area (Å²) >= 11 is 0. The average Bonchev–Trinajstić information content (AvgIpc) is 2.84. The summed E-state index contributed by atoms with van der Waals surface area (Å²) in [6.07, 6.45) is 0.381. The van der Waals surface area contributed by atoms with Crippen LogP contribution in [0.15, 0.2) is 30.3 Å². The summed E-state index contributed by atoms with van der Waals surface area (Å²) in [5.74, 6) is -0.303. The van der Waals surface area contributed by atoms with Gasteiger partial charge in [0, 0.05) is 19.5 Å². The Balaban J connectivity index is 2.11. The smallest absolute Gasteiger partial charge is 0.249 e. The van der Waals surface area contributed by atoms with Gasteiger partial charge in [0.15, 0.2) is 0 Å². The lowest BCUT2D eigenvalue weighted by Gasteiger charge is -2.25. The zero-order valence-electron chi connectivity index (χ0n) is 11.6. The molecule has 1 aromatic rings. The van der Waals surface area contributed by atoms with Crippen molar-refractivity contribution in [1.82, 2.24) is 10.2 Å². The highest BCUT2D eigenvalue weighted by atomic mass is 16.3. The highest BCUT2D eigenvalue weighted by Gasteiger charge is 2.25. The molecule has 0 bridgehead atoms. The monoisotopic (exact) mass is 276 g/mol. The zero-order chi connectivity index (χ0) is 14.5. The van der Waals surface area contributed by atoms with Gasteiger partial charge in [-0.1, -0.05) is 30.3 Å². The fourth-order valence-corrected chi connectivity index (χ4v) is 2.33. The molecule has 2 N–H and O–H groups in total. The Bertz CT molecular complexity index is 473. The van der Waals surface area contributed by atoms with Crippen LogP contribution in [-0.2, 0) is 9.59 Å². The number of benzene rings is 1. The first-order valence-electron chi connectivity index (χ1n) is 6.89. The first-order chi connectivity index (χ1) is 9.58. The van der Waals surface area contributed by atoms with Gasteiger partial charge in [-0.05, 0) is 18.9 Å². The van der Waals surface area contributed by atoms with Gasteiger partial charge in [0.05, 0.1) is 6.04 Å². The Morgan fingerprint density at radius 3 is 2.65 bits per heavy atom. The molecule has 5 nitrogen and oxygen atoms in total. The Hall–Kier alpha value is -1.88. The summed E-state index contributed by atoms with van der Waals surface area (Å²) in [5.41, 5.74) is 0.932. The maximum atomic E-state index is 11.7. The van der Waals surface area contributed by atoms with Crippen LogP contribution in [0.5, 0.6) is 0 Å². The van der Waals surface area contributed by atoms with E-state index in [1.54, 1.807) is 4.90 Å². The molecule has 1 heterocycles. The average molecular weight is 276 g/mol. The molecule has 0 spiro atoms. The molecule has 1 fully saturated rings. The van der Waals surface area contributed by atoms with E-state index in [2.05, 4.69) is 5.32 Å². The minimum absolute atomic E-state index is 0.122. The molecule has 5 heteroatoms. The number of nitrogens with one attached hydrogen (secondary N) is 1. The van der Waals surface area contributed by atoms with Crippen LogP contribution in [0.25, 0.3) is 0 Å². The zero-order valence-corrected chi connectivity index (χ0v) is 11.6. The van der Waals surface area contributed by atoms with Crippen molar-refractivity contribution >= 4 is 11.8 Å². The van der Waals surface area contributed by atoms with Gasteiger partial charge in [0.2, 0.25) is 11.8 Å². The molecule has 20 heavy (non-hydrogen) atoms. The third kappa shape index (κ3) is 3.57. The first kappa shape index (κ1) is 14.5. The van der Waals surface area contributed by atoms with E-state index in [0.717, 1.165) is 18.5 Å². The van der Waals surface area contributed by atoms with E-state index < -0.39 is 12.0 Å². The molecule has 0 aromatic heterocycles. The third-order valence-electron chi connectivity index (χ3n) is 3.47. The van der Waals surface area contributed by atoms with Crippen LogP contribution in [0.2, 0.25) is 0 Å². The number of aliphatic hydroxyl groups excluding tert-OH is 1. The van der Waals surface area contributed by atoms with Crippen LogP contribution >= 0.6 is 0 Å². The molecule has 1 aromatic carbocycles. The van der Waals surface area contributed by atoms with E-state index in [1.807, 2.05) is 30.3 Å². The topological polar surface area (TPSA) is 69.6 Å². The highest BCUT2D eigenvalue weighted by Crippen LogP contribution is 2.18. The Morgan fingerprint density at radius 1 is 1.40 bits per heavy atom. The van der Waals surface area contributed by atoms with E-state index in [4.69, 9.17) is 0 Å². The van der Waals surface area contributed by atoms with E-state index in [1.165, 1.54) is 6.92 Å². The molecule has 108 valence electrons. The fraction of sp³-hybridized carbons (Fsp3) is 0.467. The van der Waals surface area contributed by atoms with Crippen molar-refractivity contribution in [3.05, 3.63) is 35.9 Å². The summed E-state index contributed by atoms with van der Waals surface area (Å²) < 4.78 is 0. The van der Waals surface area contributed by atoms with Crippen LogP contribution < -0.4 is 5.32 Å². The van der Waals surface area contributed by atoms with E-state index in [-0.39, 0.29) is 11.9 Å². The lowest BCUT2D eigenvalue weighted by atomic mass is 10.1. The largest absolute Gasteiger partial charge is 0.384 e. The summed E-state index contributed by atoms with van der Waals surface area (Å²) in [5, 5.41) is 12.1. The molecule has 1 aliphatic rings. The second-order valence-corrected chi connectivity index (χ2v) is 5.09. The van der Waals surface area contributed by atoms with Crippen molar-refractivity contribution < 1.29 is 14.7 Å². The Labute approximate surface area is 118 Å². The van der Waals surface area contributed by atoms with Gasteiger partial charge in [-0.15, -0.1) is 0 Å². The van der Waals surface area contributed by atoms with Gasteiger partial charge in [-0.3, -0.25) is 9.59 Å². The predicted octanol–water partition coefficient (Wildman–Crippen LogP) is 0.847. The number of hydrogen-bond donors (Lipinski definition) is 2. The van der Waals surface area contributed by atoms with Gasteiger partial charge in [-0.25, -0.2) is 0 Å². The molecule has 2 unspecified atom stereocenters. The van der Waals surface area contributed by atoms with Gasteiger partial charge in [0.1, 0.15) is 6.10 Å². The number of amides is 2. The Morgan fingerprint density at radius 2 is 2.10 bits per heavy atom. The summed E-state index contributed by atoms with van der Waals surface area (Å²) in [7, 11) is 0. The van der Waals surface area contributed by atoms with Gasteiger partial charge in [-0.2, -0.15) is 0 Å². The quantitative estimate of drug-likeness (QED) is 0.837. The SMILES string of the molecule is CC(O)C(=O)NC(CN1CCCC1=O)c1ccccc1. The minimum atomic E-state index is -1.06. The predicted molar refractivity (Wildman–Crippen MR) is 74.8 cm³/mol. The molecular weight excluding hydrogens is 256 g/mol. The molecule has 0 aliphatic carbocycles. The lowest BCUT2D eigenvalue weighted by Crippen LogP contribution is -2.41.